The fourth-order valence-corrected chi connectivity index (χ4v) is 3.60. The molecular formula is C16H10F3N3OS2. The first-order valence-corrected chi connectivity index (χ1v) is 8.78. The summed E-state index contributed by atoms with van der Waals surface area (Å²) in [6.07, 6.45) is 0. The Kier molecular flexibility index (Phi) is 5.34. The largest absolute Gasteiger partial charge is 0.296 e. The maximum absolute atomic E-state index is 13.1. The highest BCUT2D eigenvalue weighted by molar-refractivity contribution is 8.00. The molecule has 9 heteroatoms. The molecule has 0 spiro atoms. The lowest BCUT2D eigenvalue weighted by molar-refractivity contribution is 0.102. The van der Waals surface area contributed by atoms with Gasteiger partial charge in [-0.1, -0.05) is 35.2 Å². The van der Waals surface area contributed by atoms with Crippen molar-refractivity contribution in [2.45, 2.75) is 10.1 Å². The summed E-state index contributed by atoms with van der Waals surface area (Å²) in [6, 6.07) is 8.65. The molecule has 1 aromatic heterocycles. The average molecular weight is 381 g/mol. The van der Waals surface area contributed by atoms with E-state index in [1.807, 2.05) is 0 Å². The molecule has 1 heterocycles. The molecule has 3 rings (SSSR count). The predicted molar refractivity (Wildman–Crippen MR) is 90.2 cm³/mol. The van der Waals surface area contributed by atoms with E-state index in [4.69, 9.17) is 0 Å². The number of benzene rings is 2. The van der Waals surface area contributed by atoms with Gasteiger partial charge in [0.25, 0.3) is 5.91 Å². The van der Waals surface area contributed by atoms with E-state index in [0.29, 0.717) is 16.2 Å². The molecule has 25 heavy (non-hydrogen) atoms. The van der Waals surface area contributed by atoms with Crippen molar-refractivity contribution in [3.8, 4) is 0 Å². The predicted octanol–water partition coefficient (Wildman–Crippen LogP) is 4.50. The van der Waals surface area contributed by atoms with Crippen LogP contribution in [-0.4, -0.2) is 16.1 Å². The number of anilines is 1. The number of aromatic nitrogens is 2. The van der Waals surface area contributed by atoms with Gasteiger partial charge in [0, 0.05) is 17.4 Å². The van der Waals surface area contributed by atoms with Crippen LogP contribution in [0.5, 0.6) is 0 Å². The summed E-state index contributed by atoms with van der Waals surface area (Å²) < 4.78 is 39.7. The Morgan fingerprint density at radius 2 is 1.68 bits per heavy atom. The molecule has 0 aliphatic carbocycles. The molecule has 0 fully saturated rings. The molecule has 0 unspecified atom stereocenters. The van der Waals surface area contributed by atoms with Crippen LogP contribution in [0.4, 0.5) is 18.3 Å². The van der Waals surface area contributed by atoms with Crippen molar-refractivity contribution in [1.29, 1.82) is 0 Å². The summed E-state index contributed by atoms with van der Waals surface area (Å²) in [5.74, 6) is -2.08. The van der Waals surface area contributed by atoms with Crippen LogP contribution in [0, 0.1) is 17.5 Å². The fourth-order valence-electron chi connectivity index (χ4n) is 1.90. The third-order valence-electron chi connectivity index (χ3n) is 3.03. The summed E-state index contributed by atoms with van der Waals surface area (Å²) in [6.45, 7) is 0. The zero-order chi connectivity index (χ0) is 17.8. The maximum atomic E-state index is 13.1. The van der Waals surface area contributed by atoms with Gasteiger partial charge in [0.1, 0.15) is 17.5 Å². The number of amides is 1. The number of hydrogen-bond donors (Lipinski definition) is 1. The highest BCUT2D eigenvalue weighted by Crippen LogP contribution is 2.28. The Morgan fingerprint density at radius 3 is 2.36 bits per heavy atom. The average Bonchev–Trinajstić information content (AvgIpc) is 3.01. The van der Waals surface area contributed by atoms with Gasteiger partial charge in [-0.3, -0.25) is 10.1 Å². The number of nitrogens with one attached hydrogen (secondary N) is 1. The minimum atomic E-state index is -0.835. The lowest BCUT2D eigenvalue weighted by Gasteiger charge is -2.01. The zero-order valence-electron chi connectivity index (χ0n) is 12.5. The van der Waals surface area contributed by atoms with Gasteiger partial charge < -0.3 is 0 Å². The molecule has 0 saturated heterocycles. The molecule has 0 atom stereocenters. The second-order valence-corrected chi connectivity index (χ2v) is 7.10. The normalized spacial score (nSPS) is 10.7. The summed E-state index contributed by atoms with van der Waals surface area (Å²) in [7, 11) is 0. The lowest BCUT2D eigenvalue weighted by Crippen LogP contribution is -2.12. The first kappa shape index (κ1) is 17.4. The van der Waals surface area contributed by atoms with Gasteiger partial charge in [-0.15, -0.1) is 10.2 Å². The van der Waals surface area contributed by atoms with E-state index in [9.17, 15) is 18.0 Å². The Labute approximate surface area is 149 Å². The van der Waals surface area contributed by atoms with Crippen LogP contribution in [0.25, 0.3) is 0 Å². The van der Waals surface area contributed by atoms with E-state index in [2.05, 4.69) is 15.5 Å². The number of hydrogen-bond acceptors (Lipinski definition) is 5. The quantitative estimate of drug-likeness (QED) is 0.522. The van der Waals surface area contributed by atoms with E-state index >= 15 is 0 Å². The number of carbonyl (C=O) groups is 1. The van der Waals surface area contributed by atoms with Gasteiger partial charge in [0.05, 0.1) is 0 Å². The van der Waals surface area contributed by atoms with Crippen LogP contribution in [0.15, 0.2) is 46.8 Å². The molecule has 0 aliphatic heterocycles. The monoisotopic (exact) mass is 381 g/mol. The second-order valence-electron chi connectivity index (χ2n) is 4.90. The molecular weight excluding hydrogens is 371 g/mol. The fraction of sp³-hybridized carbons (Fsp3) is 0.0625. The van der Waals surface area contributed by atoms with Crippen LogP contribution in [0.3, 0.4) is 0 Å². The Hall–Kier alpha value is -2.39. The van der Waals surface area contributed by atoms with Crippen molar-refractivity contribution >= 4 is 34.1 Å². The number of nitrogens with zero attached hydrogens (tertiary/aromatic N) is 2. The Morgan fingerprint density at radius 1 is 1.00 bits per heavy atom. The van der Waals surface area contributed by atoms with Gasteiger partial charge in [-0.25, -0.2) is 13.2 Å². The molecule has 0 saturated carbocycles. The van der Waals surface area contributed by atoms with Crippen molar-refractivity contribution in [2.24, 2.45) is 0 Å². The minimum Gasteiger partial charge on any atom is -0.296 e. The van der Waals surface area contributed by atoms with Crippen molar-refractivity contribution in [3.05, 3.63) is 71.0 Å². The maximum Gasteiger partial charge on any atom is 0.257 e. The SMILES string of the molecule is O=C(Nc1nnc(SCc2ccc(F)cc2)s1)c1cc(F)cc(F)c1. The smallest absolute Gasteiger partial charge is 0.257 e. The number of carbonyl (C=O) groups excluding carboxylic acids is 1. The van der Waals surface area contributed by atoms with Crippen LogP contribution in [0.1, 0.15) is 15.9 Å². The molecule has 0 bridgehead atoms. The standard InChI is InChI=1S/C16H10F3N3OS2/c17-11-3-1-9(2-4-11)8-24-16-22-21-15(25-16)20-14(23)10-5-12(18)7-13(19)6-10/h1-7H,8H2,(H,20,21,23). The molecule has 3 aromatic rings. The molecule has 1 N–H and O–H groups in total. The van der Waals surface area contributed by atoms with Gasteiger partial charge in [-0.05, 0) is 29.8 Å². The topological polar surface area (TPSA) is 54.9 Å². The lowest BCUT2D eigenvalue weighted by atomic mass is 10.2. The van der Waals surface area contributed by atoms with Crippen LogP contribution < -0.4 is 5.32 Å². The van der Waals surface area contributed by atoms with E-state index < -0.39 is 17.5 Å². The van der Waals surface area contributed by atoms with Crippen molar-refractivity contribution in [1.82, 2.24) is 10.2 Å². The van der Waals surface area contributed by atoms with E-state index in [0.717, 1.165) is 29.0 Å². The van der Waals surface area contributed by atoms with Crippen molar-refractivity contribution in [2.75, 3.05) is 5.32 Å². The van der Waals surface area contributed by atoms with Gasteiger partial charge in [0.15, 0.2) is 4.34 Å². The molecule has 128 valence electrons. The van der Waals surface area contributed by atoms with E-state index in [1.54, 1.807) is 12.1 Å². The molecule has 0 aliphatic rings. The van der Waals surface area contributed by atoms with E-state index in [-0.39, 0.29) is 16.5 Å². The molecule has 4 nitrogen and oxygen atoms in total. The molecule has 2 aromatic carbocycles. The first-order valence-electron chi connectivity index (χ1n) is 6.98. The number of thioether (sulfide) groups is 1. The second kappa shape index (κ2) is 7.66. The summed E-state index contributed by atoms with van der Waals surface area (Å²) >= 11 is 2.51. The highest BCUT2D eigenvalue weighted by Gasteiger charge is 2.13. The minimum absolute atomic E-state index is 0.145. The zero-order valence-corrected chi connectivity index (χ0v) is 14.1. The Balaban J connectivity index is 1.61. The van der Waals surface area contributed by atoms with Gasteiger partial charge in [0.2, 0.25) is 5.13 Å². The van der Waals surface area contributed by atoms with Crippen LogP contribution in [0.2, 0.25) is 0 Å². The molecule has 1 amide bonds. The number of rotatable bonds is 5. The summed E-state index contributed by atoms with van der Waals surface area (Å²) in [5, 5.41) is 10.4. The Bertz CT molecular complexity index is 880. The van der Waals surface area contributed by atoms with Crippen molar-refractivity contribution < 1.29 is 18.0 Å². The van der Waals surface area contributed by atoms with E-state index in [1.165, 1.54) is 23.9 Å². The number of halogens is 3. The van der Waals surface area contributed by atoms with Gasteiger partial charge in [-0.2, -0.15) is 0 Å². The first-order chi connectivity index (χ1) is 12.0. The summed E-state index contributed by atoms with van der Waals surface area (Å²) in [5.41, 5.74) is 0.774. The highest BCUT2D eigenvalue weighted by atomic mass is 32.2. The van der Waals surface area contributed by atoms with Crippen LogP contribution in [-0.2, 0) is 5.75 Å². The van der Waals surface area contributed by atoms with Crippen LogP contribution >= 0.6 is 23.1 Å². The third-order valence-corrected chi connectivity index (χ3v) is 5.07. The van der Waals surface area contributed by atoms with Gasteiger partial charge >= 0.3 is 0 Å². The van der Waals surface area contributed by atoms with Crippen molar-refractivity contribution in [3.63, 3.8) is 0 Å². The third kappa shape index (κ3) is 4.80. The summed E-state index contributed by atoms with van der Waals surface area (Å²) in [4.78, 5) is 12.0. The molecule has 0 radical (unpaired) electrons.